The van der Waals surface area contributed by atoms with Crippen molar-refractivity contribution < 1.29 is 0 Å². The van der Waals surface area contributed by atoms with Crippen molar-refractivity contribution in [3.63, 3.8) is 0 Å². The summed E-state index contributed by atoms with van der Waals surface area (Å²) < 4.78 is 0. The summed E-state index contributed by atoms with van der Waals surface area (Å²) in [6, 6.07) is 0. The molecule has 0 aromatic carbocycles. The molecule has 0 saturated heterocycles. The van der Waals surface area contributed by atoms with Crippen molar-refractivity contribution in [1.29, 1.82) is 0 Å². The highest BCUT2D eigenvalue weighted by Crippen LogP contribution is 2.34. The van der Waals surface area contributed by atoms with E-state index in [4.69, 9.17) is 5.73 Å². The topological polar surface area (TPSA) is 26.0 Å². The summed E-state index contributed by atoms with van der Waals surface area (Å²) in [7, 11) is 0. The van der Waals surface area contributed by atoms with E-state index in [9.17, 15) is 0 Å². The van der Waals surface area contributed by atoms with Crippen molar-refractivity contribution in [2.24, 2.45) is 11.7 Å². The first kappa shape index (κ1) is 10.0. The van der Waals surface area contributed by atoms with Crippen molar-refractivity contribution in [3.8, 4) is 0 Å². The van der Waals surface area contributed by atoms with Crippen LogP contribution in [-0.4, -0.2) is 5.54 Å². The minimum absolute atomic E-state index is 0.209. The number of hydrogen-bond donors (Lipinski definition) is 1. The van der Waals surface area contributed by atoms with Gasteiger partial charge in [0.1, 0.15) is 0 Å². The summed E-state index contributed by atoms with van der Waals surface area (Å²) in [4.78, 5) is 0. The van der Waals surface area contributed by atoms with Gasteiger partial charge in [-0.15, -0.1) is 0 Å². The van der Waals surface area contributed by atoms with Crippen LogP contribution in [0, 0.1) is 5.92 Å². The van der Waals surface area contributed by atoms with Gasteiger partial charge >= 0.3 is 0 Å². The maximum absolute atomic E-state index is 6.29. The lowest BCUT2D eigenvalue weighted by molar-refractivity contribution is 0.217. The van der Waals surface area contributed by atoms with Crippen molar-refractivity contribution >= 4 is 0 Å². The van der Waals surface area contributed by atoms with Crippen LogP contribution >= 0.6 is 0 Å². The van der Waals surface area contributed by atoms with Crippen molar-refractivity contribution in [2.75, 3.05) is 0 Å². The van der Waals surface area contributed by atoms with E-state index in [0.717, 1.165) is 5.92 Å². The Morgan fingerprint density at radius 2 is 1.83 bits per heavy atom. The zero-order valence-corrected chi connectivity index (χ0v) is 8.60. The number of rotatable bonds is 3. The van der Waals surface area contributed by atoms with Crippen molar-refractivity contribution in [3.05, 3.63) is 0 Å². The van der Waals surface area contributed by atoms with Crippen molar-refractivity contribution in [1.82, 2.24) is 0 Å². The minimum Gasteiger partial charge on any atom is -0.325 e. The average molecular weight is 169 g/mol. The van der Waals surface area contributed by atoms with E-state index < -0.39 is 0 Å². The summed E-state index contributed by atoms with van der Waals surface area (Å²) in [5.41, 5.74) is 6.50. The fourth-order valence-electron chi connectivity index (χ4n) is 2.41. The van der Waals surface area contributed by atoms with Gasteiger partial charge in [-0.3, -0.25) is 0 Å². The number of hydrogen-bond acceptors (Lipinski definition) is 1. The van der Waals surface area contributed by atoms with E-state index in [1.807, 2.05) is 0 Å². The second kappa shape index (κ2) is 4.27. The lowest BCUT2D eigenvalue weighted by atomic mass is 9.74. The van der Waals surface area contributed by atoms with E-state index in [1.165, 1.54) is 44.9 Å². The quantitative estimate of drug-likeness (QED) is 0.690. The highest BCUT2D eigenvalue weighted by molar-refractivity contribution is 4.88. The van der Waals surface area contributed by atoms with Gasteiger partial charge in [-0.2, -0.15) is 0 Å². The van der Waals surface area contributed by atoms with Gasteiger partial charge in [0.15, 0.2) is 0 Å². The molecule has 0 amide bonds. The van der Waals surface area contributed by atoms with Crippen LogP contribution in [0.1, 0.15) is 58.8 Å². The van der Waals surface area contributed by atoms with Gasteiger partial charge in [0, 0.05) is 5.54 Å². The van der Waals surface area contributed by atoms with Gasteiger partial charge in [0.2, 0.25) is 0 Å². The third kappa shape index (κ3) is 2.48. The van der Waals surface area contributed by atoms with E-state index in [-0.39, 0.29) is 5.54 Å². The van der Waals surface area contributed by atoms with Gasteiger partial charge in [0.25, 0.3) is 0 Å². The molecular formula is C11H23N. The molecule has 0 bridgehead atoms. The molecule has 0 aliphatic heterocycles. The maximum Gasteiger partial charge on any atom is 0.0154 e. The predicted molar refractivity (Wildman–Crippen MR) is 54.1 cm³/mol. The normalized spacial score (nSPS) is 36.8. The van der Waals surface area contributed by atoms with Crippen LogP contribution < -0.4 is 5.73 Å². The predicted octanol–water partition coefficient (Wildman–Crippen LogP) is 3.08. The van der Waals surface area contributed by atoms with Crippen LogP contribution in [-0.2, 0) is 0 Å². The minimum atomic E-state index is 0.209. The molecule has 0 atom stereocenters. The molecule has 0 heterocycles. The second-order valence-corrected chi connectivity index (χ2v) is 4.46. The van der Waals surface area contributed by atoms with Gasteiger partial charge < -0.3 is 5.73 Å². The Morgan fingerprint density at radius 1 is 1.25 bits per heavy atom. The van der Waals surface area contributed by atoms with E-state index >= 15 is 0 Å². The van der Waals surface area contributed by atoms with Gasteiger partial charge in [-0.05, 0) is 38.0 Å². The molecule has 0 spiro atoms. The fourth-order valence-corrected chi connectivity index (χ4v) is 2.41. The molecule has 2 N–H and O–H groups in total. The molecule has 0 radical (unpaired) electrons. The van der Waals surface area contributed by atoms with Crippen LogP contribution in [0.2, 0.25) is 0 Å². The van der Waals surface area contributed by atoms with Gasteiger partial charge in [-0.1, -0.05) is 26.7 Å². The van der Waals surface area contributed by atoms with Crippen molar-refractivity contribution in [2.45, 2.75) is 64.3 Å². The van der Waals surface area contributed by atoms with Crippen LogP contribution in [0.5, 0.6) is 0 Å². The summed E-state index contributed by atoms with van der Waals surface area (Å²) in [6.45, 7) is 4.54. The Morgan fingerprint density at radius 3 is 2.25 bits per heavy atom. The standard InChI is InChI=1S/C11H23N/c1-3-7-11(12)8-5-10(4-2)6-9-11/h10H,3-9,12H2,1-2H3. The SMILES string of the molecule is CCCC1(N)CCC(CC)CC1. The molecule has 1 rings (SSSR count). The second-order valence-electron chi connectivity index (χ2n) is 4.46. The first-order valence-electron chi connectivity index (χ1n) is 5.49. The molecule has 0 aromatic rings. The molecule has 72 valence electrons. The Bertz CT molecular complexity index is 123. The highest BCUT2D eigenvalue weighted by atomic mass is 14.7. The molecule has 1 aliphatic rings. The van der Waals surface area contributed by atoms with Crippen LogP contribution in [0.25, 0.3) is 0 Å². The molecule has 1 heteroatoms. The third-order valence-electron chi connectivity index (χ3n) is 3.43. The summed E-state index contributed by atoms with van der Waals surface area (Å²) in [5.74, 6) is 0.971. The maximum atomic E-state index is 6.29. The van der Waals surface area contributed by atoms with Gasteiger partial charge in [-0.25, -0.2) is 0 Å². The zero-order valence-electron chi connectivity index (χ0n) is 8.60. The van der Waals surface area contributed by atoms with Crippen LogP contribution in [0.4, 0.5) is 0 Å². The summed E-state index contributed by atoms with van der Waals surface area (Å²) >= 11 is 0. The Labute approximate surface area is 76.7 Å². The number of nitrogens with two attached hydrogens (primary N) is 1. The smallest absolute Gasteiger partial charge is 0.0154 e. The molecule has 1 nitrogen and oxygen atoms in total. The molecule has 1 aliphatic carbocycles. The lowest BCUT2D eigenvalue weighted by Crippen LogP contribution is -2.43. The monoisotopic (exact) mass is 169 g/mol. The summed E-state index contributed by atoms with van der Waals surface area (Å²) in [6.07, 6.45) is 9.08. The van der Waals surface area contributed by atoms with E-state index in [2.05, 4.69) is 13.8 Å². The van der Waals surface area contributed by atoms with Crippen LogP contribution in [0.3, 0.4) is 0 Å². The molecule has 1 fully saturated rings. The lowest BCUT2D eigenvalue weighted by Gasteiger charge is -2.36. The van der Waals surface area contributed by atoms with Gasteiger partial charge in [0.05, 0.1) is 0 Å². The largest absolute Gasteiger partial charge is 0.325 e. The molecule has 0 unspecified atom stereocenters. The molecule has 0 aromatic heterocycles. The zero-order chi connectivity index (χ0) is 9.03. The van der Waals surface area contributed by atoms with Crippen LogP contribution in [0.15, 0.2) is 0 Å². The highest BCUT2D eigenvalue weighted by Gasteiger charge is 2.29. The Kier molecular flexibility index (Phi) is 3.57. The first-order chi connectivity index (χ1) is 5.70. The summed E-state index contributed by atoms with van der Waals surface area (Å²) in [5, 5.41) is 0. The average Bonchev–Trinajstić information content (AvgIpc) is 2.06. The Balaban J connectivity index is 2.33. The molecule has 1 saturated carbocycles. The van der Waals surface area contributed by atoms with E-state index in [1.54, 1.807) is 0 Å². The molecule has 12 heavy (non-hydrogen) atoms. The first-order valence-corrected chi connectivity index (χ1v) is 5.49. The van der Waals surface area contributed by atoms with E-state index in [0.29, 0.717) is 0 Å². The molecular weight excluding hydrogens is 146 g/mol. The third-order valence-corrected chi connectivity index (χ3v) is 3.43. The fraction of sp³-hybridized carbons (Fsp3) is 1.00. The Hall–Kier alpha value is -0.0400.